The lowest BCUT2D eigenvalue weighted by Gasteiger charge is -2.27. The zero-order valence-electron chi connectivity index (χ0n) is 14.8. The lowest BCUT2D eigenvalue weighted by molar-refractivity contribution is -0.145. The molecule has 0 spiro atoms. The monoisotopic (exact) mass is 332 g/mol. The number of nitrogens with one attached hydrogen (secondary N) is 2. The highest BCUT2D eigenvalue weighted by molar-refractivity contribution is 5.80. The Morgan fingerprint density at radius 1 is 1.42 bits per heavy atom. The van der Waals surface area contributed by atoms with E-state index in [9.17, 15) is 9.59 Å². The number of aryl methyl sites for hydroxylation is 1. The highest BCUT2D eigenvalue weighted by atomic mass is 16.5. The largest absolute Gasteiger partial charge is 0.469 e. The second kappa shape index (κ2) is 8.83. The van der Waals surface area contributed by atoms with Crippen LogP contribution in [0, 0.1) is 18.8 Å². The van der Waals surface area contributed by atoms with Crippen molar-refractivity contribution in [1.82, 2.24) is 10.6 Å². The van der Waals surface area contributed by atoms with Crippen molar-refractivity contribution in [2.45, 2.75) is 39.2 Å². The minimum Gasteiger partial charge on any atom is -0.469 e. The summed E-state index contributed by atoms with van der Waals surface area (Å²) in [6, 6.07) is 8.43. The summed E-state index contributed by atoms with van der Waals surface area (Å²) >= 11 is 0. The number of benzene rings is 1. The number of hydrogen-bond donors (Lipinski definition) is 2. The number of hydrogen-bond acceptors (Lipinski definition) is 4. The molecule has 0 radical (unpaired) electrons. The van der Waals surface area contributed by atoms with Gasteiger partial charge in [-0.15, -0.1) is 0 Å². The molecular weight excluding hydrogens is 304 g/mol. The van der Waals surface area contributed by atoms with E-state index < -0.39 is 0 Å². The van der Waals surface area contributed by atoms with Crippen LogP contribution in [0.25, 0.3) is 0 Å². The smallest absolute Gasteiger partial charge is 0.310 e. The van der Waals surface area contributed by atoms with E-state index in [1.54, 1.807) is 0 Å². The molecule has 24 heavy (non-hydrogen) atoms. The fourth-order valence-electron chi connectivity index (χ4n) is 3.27. The highest BCUT2D eigenvalue weighted by Gasteiger charge is 2.26. The van der Waals surface area contributed by atoms with Gasteiger partial charge < -0.3 is 15.4 Å². The van der Waals surface area contributed by atoms with Crippen molar-refractivity contribution in [3.05, 3.63) is 35.4 Å². The standard InChI is InChI=1S/C19H28N2O3/c1-13-5-4-6-15(9-13)11-17(19(23)24-3)12-21-18(22)16-7-8-20-14(2)10-16/h4-6,9,14,16-17,20H,7-8,10-12H2,1-3H3,(H,21,22)/t14-,16-,17?/m0/s1. The molecule has 2 rings (SSSR count). The Morgan fingerprint density at radius 2 is 2.21 bits per heavy atom. The van der Waals surface area contributed by atoms with Crippen LogP contribution < -0.4 is 10.6 Å². The summed E-state index contributed by atoms with van der Waals surface area (Å²) in [5, 5.41) is 6.30. The Hall–Kier alpha value is -1.88. The Kier molecular flexibility index (Phi) is 6.79. The van der Waals surface area contributed by atoms with Crippen LogP contribution in [0.4, 0.5) is 0 Å². The number of carbonyl (C=O) groups excluding carboxylic acids is 2. The Morgan fingerprint density at radius 3 is 2.88 bits per heavy atom. The number of carbonyl (C=O) groups is 2. The van der Waals surface area contributed by atoms with E-state index in [4.69, 9.17) is 4.74 Å². The summed E-state index contributed by atoms with van der Waals surface area (Å²) in [6.07, 6.45) is 2.25. The van der Waals surface area contributed by atoms with Gasteiger partial charge in [-0.05, 0) is 45.2 Å². The molecule has 0 saturated carbocycles. The second-order valence-electron chi connectivity index (χ2n) is 6.73. The Balaban J connectivity index is 1.93. The SMILES string of the molecule is COC(=O)C(CNC(=O)[C@H]1CCN[C@@H](C)C1)Cc1cccc(C)c1. The first-order valence-corrected chi connectivity index (χ1v) is 8.64. The van der Waals surface area contributed by atoms with Gasteiger partial charge in [0.05, 0.1) is 13.0 Å². The van der Waals surface area contributed by atoms with Crippen LogP contribution in [-0.4, -0.2) is 38.1 Å². The van der Waals surface area contributed by atoms with Gasteiger partial charge in [-0.1, -0.05) is 29.8 Å². The van der Waals surface area contributed by atoms with Crippen molar-refractivity contribution >= 4 is 11.9 Å². The van der Waals surface area contributed by atoms with Crippen LogP contribution in [0.3, 0.4) is 0 Å². The van der Waals surface area contributed by atoms with Crippen LogP contribution in [0.1, 0.15) is 30.9 Å². The maximum Gasteiger partial charge on any atom is 0.310 e. The molecule has 0 bridgehead atoms. The molecule has 1 fully saturated rings. The molecule has 5 nitrogen and oxygen atoms in total. The van der Waals surface area contributed by atoms with Crippen LogP contribution >= 0.6 is 0 Å². The molecule has 132 valence electrons. The zero-order chi connectivity index (χ0) is 17.5. The predicted molar refractivity (Wildman–Crippen MR) is 93.6 cm³/mol. The van der Waals surface area contributed by atoms with Gasteiger partial charge >= 0.3 is 5.97 Å². The average molecular weight is 332 g/mol. The van der Waals surface area contributed by atoms with E-state index in [0.717, 1.165) is 30.5 Å². The summed E-state index contributed by atoms with van der Waals surface area (Å²) in [5.41, 5.74) is 2.24. The van der Waals surface area contributed by atoms with Gasteiger partial charge in [0.15, 0.2) is 0 Å². The van der Waals surface area contributed by atoms with E-state index >= 15 is 0 Å². The van der Waals surface area contributed by atoms with Gasteiger partial charge in [0, 0.05) is 18.5 Å². The van der Waals surface area contributed by atoms with E-state index in [1.807, 2.05) is 25.1 Å². The minimum absolute atomic E-state index is 0.0264. The molecule has 1 aliphatic rings. The Labute approximate surface area is 144 Å². The molecule has 1 aromatic rings. The van der Waals surface area contributed by atoms with Crippen LogP contribution in [-0.2, 0) is 20.7 Å². The molecule has 1 aliphatic heterocycles. The molecule has 1 unspecified atom stereocenters. The number of rotatable bonds is 6. The molecule has 1 heterocycles. The van der Waals surface area contributed by atoms with Gasteiger partial charge in [0.25, 0.3) is 0 Å². The normalized spacial score (nSPS) is 21.8. The van der Waals surface area contributed by atoms with E-state index in [2.05, 4.69) is 23.6 Å². The van der Waals surface area contributed by atoms with Gasteiger partial charge in [0.2, 0.25) is 5.91 Å². The van der Waals surface area contributed by atoms with E-state index in [1.165, 1.54) is 7.11 Å². The summed E-state index contributed by atoms with van der Waals surface area (Å²) in [6.45, 7) is 5.30. The number of esters is 1. The third-order valence-electron chi connectivity index (χ3n) is 4.62. The predicted octanol–water partition coefficient (Wildman–Crippen LogP) is 1.83. The van der Waals surface area contributed by atoms with Crippen molar-refractivity contribution in [2.24, 2.45) is 11.8 Å². The summed E-state index contributed by atoms with van der Waals surface area (Å²) in [5.74, 6) is -0.574. The van der Waals surface area contributed by atoms with Crippen molar-refractivity contribution in [3.8, 4) is 0 Å². The molecule has 1 aromatic carbocycles. The summed E-state index contributed by atoms with van der Waals surface area (Å²) < 4.78 is 4.91. The second-order valence-corrected chi connectivity index (χ2v) is 6.73. The maximum atomic E-state index is 12.4. The Bertz CT molecular complexity index is 573. The third-order valence-corrected chi connectivity index (χ3v) is 4.62. The minimum atomic E-state index is -0.361. The van der Waals surface area contributed by atoms with Gasteiger partial charge in [-0.3, -0.25) is 9.59 Å². The number of methoxy groups -OCH3 is 1. The van der Waals surface area contributed by atoms with E-state index in [-0.39, 0.29) is 23.7 Å². The highest BCUT2D eigenvalue weighted by Crippen LogP contribution is 2.17. The van der Waals surface area contributed by atoms with Crippen molar-refractivity contribution in [2.75, 3.05) is 20.2 Å². The molecule has 2 N–H and O–H groups in total. The number of piperidine rings is 1. The van der Waals surface area contributed by atoms with Crippen LogP contribution in [0.15, 0.2) is 24.3 Å². The van der Waals surface area contributed by atoms with Crippen LogP contribution in [0.2, 0.25) is 0 Å². The summed E-state index contributed by atoms with van der Waals surface area (Å²) in [4.78, 5) is 24.4. The molecule has 0 aromatic heterocycles. The topological polar surface area (TPSA) is 67.4 Å². The average Bonchev–Trinajstić information content (AvgIpc) is 2.57. The van der Waals surface area contributed by atoms with Gasteiger partial charge in [-0.2, -0.15) is 0 Å². The van der Waals surface area contributed by atoms with E-state index in [0.29, 0.717) is 19.0 Å². The van der Waals surface area contributed by atoms with Crippen LogP contribution in [0.5, 0.6) is 0 Å². The molecule has 3 atom stereocenters. The number of ether oxygens (including phenoxy) is 1. The zero-order valence-corrected chi connectivity index (χ0v) is 14.8. The van der Waals surface area contributed by atoms with Gasteiger partial charge in [-0.25, -0.2) is 0 Å². The quantitative estimate of drug-likeness (QED) is 0.780. The molecule has 5 heteroatoms. The molecular formula is C19H28N2O3. The lowest BCUT2D eigenvalue weighted by atomic mass is 9.92. The molecule has 0 aliphatic carbocycles. The van der Waals surface area contributed by atoms with Crippen molar-refractivity contribution in [3.63, 3.8) is 0 Å². The fraction of sp³-hybridized carbons (Fsp3) is 0.579. The first-order valence-electron chi connectivity index (χ1n) is 8.64. The maximum absolute atomic E-state index is 12.4. The van der Waals surface area contributed by atoms with Crippen molar-refractivity contribution in [1.29, 1.82) is 0 Å². The fourth-order valence-corrected chi connectivity index (χ4v) is 3.27. The lowest BCUT2D eigenvalue weighted by Crippen LogP contribution is -2.44. The number of amides is 1. The van der Waals surface area contributed by atoms with Gasteiger partial charge in [0.1, 0.15) is 0 Å². The summed E-state index contributed by atoms with van der Waals surface area (Å²) in [7, 11) is 1.39. The third kappa shape index (κ3) is 5.34. The molecule has 1 saturated heterocycles. The first kappa shape index (κ1) is 18.5. The first-order chi connectivity index (χ1) is 11.5. The van der Waals surface area contributed by atoms with Crippen molar-refractivity contribution < 1.29 is 14.3 Å². The molecule has 1 amide bonds.